The second kappa shape index (κ2) is 8.40. The molecule has 1 aromatic carbocycles. The minimum Gasteiger partial charge on any atom is -0.497 e. The molecule has 1 aromatic rings. The fourth-order valence-electron chi connectivity index (χ4n) is 3.18. The summed E-state index contributed by atoms with van der Waals surface area (Å²) in [5, 5.41) is 3.65. The molecule has 0 bridgehead atoms. The highest BCUT2D eigenvalue weighted by molar-refractivity contribution is 5.28. The SMILES string of the molecule is CCCNC(C)C1CCN(Cc2cccc(OC)c2)CC1. The molecule has 0 aliphatic carbocycles. The third-order valence-corrected chi connectivity index (χ3v) is 4.60. The summed E-state index contributed by atoms with van der Waals surface area (Å²) >= 11 is 0. The van der Waals surface area contributed by atoms with Crippen molar-refractivity contribution in [3.8, 4) is 5.75 Å². The Bertz CT molecular complexity index is 413. The molecule has 118 valence electrons. The Balaban J connectivity index is 1.78. The fourth-order valence-corrected chi connectivity index (χ4v) is 3.18. The van der Waals surface area contributed by atoms with Gasteiger partial charge in [0.1, 0.15) is 5.75 Å². The van der Waals surface area contributed by atoms with Crippen LogP contribution < -0.4 is 10.1 Å². The molecule has 1 fully saturated rings. The van der Waals surface area contributed by atoms with E-state index in [1.807, 2.05) is 6.07 Å². The van der Waals surface area contributed by atoms with Gasteiger partial charge in [-0.1, -0.05) is 19.1 Å². The number of methoxy groups -OCH3 is 1. The van der Waals surface area contributed by atoms with E-state index in [9.17, 15) is 0 Å². The molecule has 0 aromatic heterocycles. The first-order chi connectivity index (χ1) is 10.2. The molecule has 0 amide bonds. The van der Waals surface area contributed by atoms with E-state index in [0.717, 1.165) is 24.8 Å². The summed E-state index contributed by atoms with van der Waals surface area (Å²) in [5.41, 5.74) is 1.35. The molecule has 2 rings (SSSR count). The Kier molecular flexibility index (Phi) is 6.52. The molecule has 1 unspecified atom stereocenters. The first kappa shape index (κ1) is 16.3. The normalized spacial score (nSPS) is 18.6. The van der Waals surface area contributed by atoms with Crippen molar-refractivity contribution in [3.05, 3.63) is 29.8 Å². The molecule has 0 spiro atoms. The van der Waals surface area contributed by atoms with Crippen molar-refractivity contribution < 1.29 is 4.74 Å². The lowest BCUT2D eigenvalue weighted by molar-refractivity contribution is 0.156. The Morgan fingerprint density at radius 1 is 1.33 bits per heavy atom. The van der Waals surface area contributed by atoms with Crippen LogP contribution in [0, 0.1) is 5.92 Å². The van der Waals surface area contributed by atoms with Gasteiger partial charge < -0.3 is 10.1 Å². The van der Waals surface area contributed by atoms with Crippen LogP contribution in [0.5, 0.6) is 5.75 Å². The van der Waals surface area contributed by atoms with E-state index in [0.29, 0.717) is 6.04 Å². The van der Waals surface area contributed by atoms with Gasteiger partial charge in [-0.25, -0.2) is 0 Å². The number of benzene rings is 1. The first-order valence-electron chi connectivity index (χ1n) is 8.31. The van der Waals surface area contributed by atoms with Gasteiger partial charge in [-0.15, -0.1) is 0 Å². The van der Waals surface area contributed by atoms with E-state index in [4.69, 9.17) is 4.74 Å². The van der Waals surface area contributed by atoms with Crippen molar-refractivity contribution >= 4 is 0 Å². The Labute approximate surface area is 129 Å². The molecular formula is C18H30N2O. The summed E-state index contributed by atoms with van der Waals surface area (Å²) in [4.78, 5) is 2.57. The van der Waals surface area contributed by atoms with Crippen molar-refractivity contribution in [1.29, 1.82) is 0 Å². The van der Waals surface area contributed by atoms with Crippen LogP contribution >= 0.6 is 0 Å². The van der Waals surface area contributed by atoms with E-state index < -0.39 is 0 Å². The number of nitrogens with one attached hydrogen (secondary N) is 1. The first-order valence-corrected chi connectivity index (χ1v) is 8.31. The van der Waals surface area contributed by atoms with E-state index in [1.54, 1.807) is 7.11 Å². The highest BCUT2D eigenvalue weighted by Gasteiger charge is 2.23. The van der Waals surface area contributed by atoms with Crippen LogP contribution in [-0.4, -0.2) is 37.7 Å². The molecule has 1 aliphatic heterocycles. The average molecular weight is 290 g/mol. The Morgan fingerprint density at radius 2 is 2.10 bits per heavy atom. The van der Waals surface area contributed by atoms with Crippen LogP contribution in [0.15, 0.2) is 24.3 Å². The molecule has 0 saturated carbocycles. The van der Waals surface area contributed by atoms with Gasteiger partial charge in [0.05, 0.1) is 7.11 Å². The molecule has 1 atom stereocenters. The van der Waals surface area contributed by atoms with Gasteiger partial charge in [0, 0.05) is 12.6 Å². The predicted octanol–water partition coefficient (Wildman–Crippen LogP) is 3.30. The van der Waals surface area contributed by atoms with E-state index in [-0.39, 0.29) is 0 Å². The van der Waals surface area contributed by atoms with Crippen LogP contribution in [0.1, 0.15) is 38.7 Å². The molecule has 1 heterocycles. The zero-order valence-electron chi connectivity index (χ0n) is 13.8. The largest absolute Gasteiger partial charge is 0.497 e. The fraction of sp³-hybridized carbons (Fsp3) is 0.667. The van der Waals surface area contributed by atoms with Crippen LogP contribution in [0.3, 0.4) is 0 Å². The molecule has 1 saturated heterocycles. The number of likely N-dealkylation sites (tertiary alicyclic amines) is 1. The average Bonchev–Trinajstić information content (AvgIpc) is 2.53. The summed E-state index contributed by atoms with van der Waals surface area (Å²) < 4.78 is 5.30. The van der Waals surface area contributed by atoms with Crippen molar-refractivity contribution in [3.63, 3.8) is 0 Å². The van der Waals surface area contributed by atoms with Crippen molar-refractivity contribution in [2.24, 2.45) is 5.92 Å². The summed E-state index contributed by atoms with van der Waals surface area (Å²) in [6.45, 7) is 9.18. The maximum absolute atomic E-state index is 5.30. The van der Waals surface area contributed by atoms with Gasteiger partial charge in [-0.3, -0.25) is 4.90 Å². The minimum absolute atomic E-state index is 0.656. The van der Waals surface area contributed by atoms with Gasteiger partial charge in [-0.05, 0) is 69.4 Å². The zero-order valence-corrected chi connectivity index (χ0v) is 13.8. The molecule has 1 aliphatic rings. The summed E-state index contributed by atoms with van der Waals surface area (Å²) in [6, 6.07) is 9.09. The van der Waals surface area contributed by atoms with Crippen molar-refractivity contribution in [2.45, 2.75) is 45.7 Å². The van der Waals surface area contributed by atoms with Crippen LogP contribution in [-0.2, 0) is 6.54 Å². The number of nitrogens with zero attached hydrogens (tertiary/aromatic N) is 1. The van der Waals surface area contributed by atoms with Gasteiger partial charge in [0.15, 0.2) is 0 Å². The highest BCUT2D eigenvalue weighted by atomic mass is 16.5. The van der Waals surface area contributed by atoms with Crippen LogP contribution in [0.25, 0.3) is 0 Å². The lowest BCUT2D eigenvalue weighted by atomic mass is 9.90. The number of ether oxygens (including phenoxy) is 1. The Hall–Kier alpha value is -1.06. The van der Waals surface area contributed by atoms with Crippen LogP contribution in [0.2, 0.25) is 0 Å². The predicted molar refractivity (Wildman–Crippen MR) is 88.8 cm³/mol. The molecular weight excluding hydrogens is 260 g/mol. The summed E-state index contributed by atoms with van der Waals surface area (Å²) in [7, 11) is 1.73. The Morgan fingerprint density at radius 3 is 2.76 bits per heavy atom. The summed E-state index contributed by atoms with van der Waals surface area (Å²) in [6.07, 6.45) is 3.84. The van der Waals surface area contributed by atoms with Gasteiger partial charge >= 0.3 is 0 Å². The second-order valence-electron chi connectivity index (χ2n) is 6.21. The molecule has 21 heavy (non-hydrogen) atoms. The second-order valence-corrected chi connectivity index (χ2v) is 6.21. The lowest BCUT2D eigenvalue weighted by Crippen LogP contribution is -2.41. The third kappa shape index (κ3) is 5.01. The number of hydrogen-bond acceptors (Lipinski definition) is 3. The molecule has 1 N–H and O–H groups in total. The maximum atomic E-state index is 5.30. The van der Waals surface area contributed by atoms with Gasteiger partial charge in [-0.2, -0.15) is 0 Å². The van der Waals surface area contributed by atoms with E-state index in [2.05, 4.69) is 42.3 Å². The van der Waals surface area contributed by atoms with Gasteiger partial charge in [0.25, 0.3) is 0 Å². The lowest BCUT2D eigenvalue weighted by Gasteiger charge is -2.35. The smallest absolute Gasteiger partial charge is 0.119 e. The summed E-state index contributed by atoms with van der Waals surface area (Å²) in [5.74, 6) is 1.79. The topological polar surface area (TPSA) is 24.5 Å². The molecule has 3 heteroatoms. The molecule has 3 nitrogen and oxygen atoms in total. The standard InChI is InChI=1S/C18H30N2O/c1-4-10-19-15(2)17-8-11-20(12-9-17)14-16-6-5-7-18(13-16)21-3/h5-7,13,15,17,19H,4,8-12,14H2,1-3H3. The molecule has 0 radical (unpaired) electrons. The number of hydrogen-bond donors (Lipinski definition) is 1. The highest BCUT2D eigenvalue weighted by Crippen LogP contribution is 2.23. The van der Waals surface area contributed by atoms with E-state index >= 15 is 0 Å². The monoisotopic (exact) mass is 290 g/mol. The quantitative estimate of drug-likeness (QED) is 0.834. The van der Waals surface area contributed by atoms with E-state index in [1.165, 1.54) is 37.9 Å². The van der Waals surface area contributed by atoms with Crippen LogP contribution in [0.4, 0.5) is 0 Å². The third-order valence-electron chi connectivity index (χ3n) is 4.60. The maximum Gasteiger partial charge on any atom is 0.119 e. The number of piperidine rings is 1. The van der Waals surface area contributed by atoms with Crippen molar-refractivity contribution in [1.82, 2.24) is 10.2 Å². The zero-order chi connectivity index (χ0) is 15.1. The number of rotatable bonds is 7. The van der Waals surface area contributed by atoms with Gasteiger partial charge in [0.2, 0.25) is 0 Å². The van der Waals surface area contributed by atoms with Crippen molar-refractivity contribution in [2.75, 3.05) is 26.7 Å². The minimum atomic E-state index is 0.656.